The molecule has 1 aliphatic heterocycles. The molecule has 0 aromatic carbocycles. The zero-order valence-corrected chi connectivity index (χ0v) is 13.8. The van der Waals surface area contributed by atoms with Gasteiger partial charge in [-0.05, 0) is 13.8 Å². The second-order valence-electron chi connectivity index (χ2n) is 5.93. The number of aromatic nitrogens is 4. The molecule has 3 rings (SSSR count). The van der Waals surface area contributed by atoms with E-state index in [0.29, 0.717) is 12.1 Å². The molecule has 1 atom stereocenters. The summed E-state index contributed by atoms with van der Waals surface area (Å²) in [5.74, 6) is 2.35. The summed E-state index contributed by atoms with van der Waals surface area (Å²) in [6, 6.07) is 0.879. The van der Waals surface area contributed by atoms with Gasteiger partial charge in [-0.15, -0.1) is 0 Å². The summed E-state index contributed by atoms with van der Waals surface area (Å²) in [5.41, 5.74) is 2.62. The Kier molecular flexibility index (Phi) is 4.35. The van der Waals surface area contributed by atoms with E-state index in [1.807, 2.05) is 40.6 Å². The van der Waals surface area contributed by atoms with E-state index in [4.69, 9.17) is 0 Å². The van der Waals surface area contributed by atoms with E-state index in [9.17, 15) is 0 Å². The quantitative estimate of drug-likeness (QED) is 0.870. The molecule has 1 saturated heterocycles. The third kappa shape index (κ3) is 3.32. The maximum Gasteiger partial charge on any atom is 0.0537 e. The summed E-state index contributed by atoms with van der Waals surface area (Å²) in [6.07, 6.45) is 8.32. The van der Waals surface area contributed by atoms with E-state index in [2.05, 4.69) is 41.3 Å². The normalized spacial score (nSPS) is 20.3. The van der Waals surface area contributed by atoms with Crippen LogP contribution < -0.4 is 0 Å². The molecule has 1 aliphatic rings. The van der Waals surface area contributed by atoms with E-state index in [1.165, 1.54) is 16.9 Å². The van der Waals surface area contributed by atoms with E-state index >= 15 is 0 Å². The molecule has 0 aliphatic carbocycles. The number of hydrogen-bond acceptors (Lipinski definition) is 4. The number of hydrogen-bond donors (Lipinski definition) is 0. The lowest BCUT2D eigenvalue weighted by Crippen LogP contribution is -2.35. The smallest absolute Gasteiger partial charge is 0.0537 e. The molecule has 21 heavy (non-hydrogen) atoms. The van der Waals surface area contributed by atoms with Gasteiger partial charge in [0.25, 0.3) is 0 Å². The zero-order valence-electron chi connectivity index (χ0n) is 12.9. The molecular formula is C15H23N5S. The predicted octanol–water partition coefficient (Wildman–Crippen LogP) is 2.49. The Morgan fingerprint density at radius 1 is 1.29 bits per heavy atom. The third-order valence-electron chi connectivity index (χ3n) is 3.92. The Balaban J connectivity index is 1.74. The van der Waals surface area contributed by atoms with Gasteiger partial charge in [0.1, 0.15) is 0 Å². The Morgan fingerprint density at radius 2 is 2.14 bits per heavy atom. The van der Waals surface area contributed by atoms with E-state index < -0.39 is 0 Å². The molecule has 0 unspecified atom stereocenters. The SMILES string of the molecule is CC(C)n1cc(CN2CCSC[C@@H]2c2cnn(C)c2)cn1. The van der Waals surface area contributed by atoms with Gasteiger partial charge in [-0.25, -0.2) is 0 Å². The van der Waals surface area contributed by atoms with Gasteiger partial charge >= 0.3 is 0 Å². The first-order valence-electron chi connectivity index (χ1n) is 7.47. The standard InChI is InChI=1S/C15H23N5S/c1-12(2)20-9-13(6-17-20)8-19-4-5-21-11-15(19)14-7-16-18(3)10-14/h6-7,9-10,12,15H,4-5,8,11H2,1-3H3/t15-/m1/s1. The molecular weight excluding hydrogens is 282 g/mol. The van der Waals surface area contributed by atoms with Crippen molar-refractivity contribution in [2.75, 3.05) is 18.1 Å². The Morgan fingerprint density at radius 3 is 2.81 bits per heavy atom. The summed E-state index contributed by atoms with van der Waals surface area (Å²) >= 11 is 2.03. The van der Waals surface area contributed by atoms with Crippen molar-refractivity contribution < 1.29 is 0 Å². The van der Waals surface area contributed by atoms with Gasteiger partial charge in [-0.3, -0.25) is 14.3 Å². The molecule has 1 fully saturated rings. The van der Waals surface area contributed by atoms with Crippen molar-refractivity contribution in [3.05, 3.63) is 35.9 Å². The van der Waals surface area contributed by atoms with Crippen LogP contribution in [0.25, 0.3) is 0 Å². The van der Waals surface area contributed by atoms with Crippen LogP contribution >= 0.6 is 11.8 Å². The van der Waals surface area contributed by atoms with Gasteiger partial charge < -0.3 is 0 Å². The summed E-state index contributed by atoms with van der Waals surface area (Å²) in [6.45, 7) is 6.41. The lowest BCUT2D eigenvalue weighted by Gasteiger charge is -2.34. The Hall–Kier alpha value is -1.27. The van der Waals surface area contributed by atoms with Gasteiger partial charge in [0.2, 0.25) is 0 Å². The minimum Gasteiger partial charge on any atom is -0.290 e. The Labute approximate surface area is 130 Å². The monoisotopic (exact) mass is 305 g/mol. The molecule has 114 valence electrons. The van der Waals surface area contributed by atoms with Crippen LogP contribution in [0.4, 0.5) is 0 Å². The van der Waals surface area contributed by atoms with Crippen LogP contribution in [0.1, 0.15) is 37.1 Å². The first kappa shape index (κ1) is 14.7. The van der Waals surface area contributed by atoms with Crippen molar-refractivity contribution in [1.82, 2.24) is 24.5 Å². The van der Waals surface area contributed by atoms with Gasteiger partial charge in [0.15, 0.2) is 0 Å². The maximum absolute atomic E-state index is 4.45. The highest BCUT2D eigenvalue weighted by atomic mass is 32.2. The van der Waals surface area contributed by atoms with Crippen LogP contribution in [-0.2, 0) is 13.6 Å². The van der Waals surface area contributed by atoms with Crippen molar-refractivity contribution in [2.24, 2.45) is 7.05 Å². The van der Waals surface area contributed by atoms with E-state index in [1.54, 1.807) is 0 Å². The van der Waals surface area contributed by atoms with Crippen LogP contribution in [0.2, 0.25) is 0 Å². The van der Waals surface area contributed by atoms with E-state index in [0.717, 1.165) is 18.8 Å². The molecule has 2 aromatic heterocycles. The van der Waals surface area contributed by atoms with Crippen molar-refractivity contribution in [3.8, 4) is 0 Å². The largest absolute Gasteiger partial charge is 0.290 e. The Bertz CT molecular complexity index is 588. The summed E-state index contributed by atoms with van der Waals surface area (Å²) in [7, 11) is 1.98. The molecule has 0 saturated carbocycles. The lowest BCUT2D eigenvalue weighted by molar-refractivity contribution is 0.212. The number of rotatable bonds is 4. The first-order chi connectivity index (χ1) is 10.1. The average molecular weight is 305 g/mol. The van der Waals surface area contributed by atoms with Crippen LogP contribution in [-0.4, -0.2) is 42.5 Å². The minimum absolute atomic E-state index is 0.421. The molecule has 5 nitrogen and oxygen atoms in total. The van der Waals surface area contributed by atoms with Crippen molar-refractivity contribution in [3.63, 3.8) is 0 Å². The highest BCUT2D eigenvalue weighted by Gasteiger charge is 2.25. The van der Waals surface area contributed by atoms with Crippen molar-refractivity contribution in [1.29, 1.82) is 0 Å². The first-order valence-corrected chi connectivity index (χ1v) is 8.62. The molecule has 6 heteroatoms. The fourth-order valence-electron chi connectivity index (χ4n) is 2.72. The zero-order chi connectivity index (χ0) is 14.8. The molecule has 2 aromatic rings. The molecule has 0 bridgehead atoms. The number of thioether (sulfide) groups is 1. The van der Waals surface area contributed by atoms with Crippen molar-refractivity contribution in [2.45, 2.75) is 32.5 Å². The minimum atomic E-state index is 0.421. The van der Waals surface area contributed by atoms with Gasteiger partial charge in [0.05, 0.1) is 12.4 Å². The summed E-state index contributed by atoms with van der Waals surface area (Å²) in [5, 5.41) is 8.78. The van der Waals surface area contributed by atoms with Crippen molar-refractivity contribution >= 4 is 11.8 Å². The summed E-state index contributed by atoms with van der Waals surface area (Å²) in [4.78, 5) is 2.55. The highest BCUT2D eigenvalue weighted by Crippen LogP contribution is 2.30. The fraction of sp³-hybridized carbons (Fsp3) is 0.600. The molecule has 0 amide bonds. The molecule has 0 N–H and O–H groups in total. The molecule has 0 spiro atoms. The average Bonchev–Trinajstić information content (AvgIpc) is 3.09. The van der Waals surface area contributed by atoms with Crippen LogP contribution in [0.15, 0.2) is 24.8 Å². The van der Waals surface area contributed by atoms with Crippen LogP contribution in [0.3, 0.4) is 0 Å². The topological polar surface area (TPSA) is 38.9 Å². The third-order valence-corrected chi connectivity index (χ3v) is 4.94. The van der Waals surface area contributed by atoms with Crippen LogP contribution in [0.5, 0.6) is 0 Å². The summed E-state index contributed by atoms with van der Waals surface area (Å²) < 4.78 is 3.93. The molecule has 0 radical (unpaired) electrons. The number of nitrogens with zero attached hydrogens (tertiary/aromatic N) is 5. The van der Waals surface area contributed by atoms with Gasteiger partial charge in [0, 0.05) is 67.2 Å². The second-order valence-corrected chi connectivity index (χ2v) is 7.08. The predicted molar refractivity (Wildman–Crippen MR) is 86.3 cm³/mol. The fourth-order valence-corrected chi connectivity index (χ4v) is 3.88. The molecule has 3 heterocycles. The number of aryl methyl sites for hydroxylation is 1. The van der Waals surface area contributed by atoms with Gasteiger partial charge in [-0.2, -0.15) is 22.0 Å². The van der Waals surface area contributed by atoms with E-state index in [-0.39, 0.29) is 0 Å². The maximum atomic E-state index is 4.45. The second kappa shape index (κ2) is 6.23. The highest BCUT2D eigenvalue weighted by molar-refractivity contribution is 7.99. The van der Waals surface area contributed by atoms with Crippen LogP contribution in [0, 0.1) is 0 Å². The van der Waals surface area contributed by atoms with Gasteiger partial charge in [-0.1, -0.05) is 0 Å². The lowest BCUT2D eigenvalue weighted by atomic mass is 10.1.